The second-order valence-electron chi connectivity index (χ2n) is 5.36. The molecule has 7 nitrogen and oxygen atoms in total. The number of hydrogen-bond acceptors (Lipinski definition) is 5. The smallest absolute Gasteiger partial charge is 0.274 e. The SMILES string of the molecule is COc1ccc(CN2C(=O)COc3ccc(C(=O)NO)cc32)cc1Cl. The summed E-state index contributed by atoms with van der Waals surface area (Å²) in [4.78, 5) is 25.4. The van der Waals surface area contributed by atoms with E-state index in [2.05, 4.69) is 0 Å². The molecule has 0 aliphatic carbocycles. The molecule has 1 aliphatic heterocycles. The summed E-state index contributed by atoms with van der Waals surface area (Å²) >= 11 is 6.14. The van der Waals surface area contributed by atoms with Crippen LogP contribution in [0, 0.1) is 0 Å². The van der Waals surface area contributed by atoms with Crippen LogP contribution in [0.4, 0.5) is 5.69 Å². The molecule has 130 valence electrons. The topological polar surface area (TPSA) is 88.1 Å². The van der Waals surface area contributed by atoms with Gasteiger partial charge in [-0.1, -0.05) is 17.7 Å². The molecule has 2 aromatic rings. The highest BCUT2D eigenvalue weighted by Crippen LogP contribution is 2.35. The molecular weight excluding hydrogens is 348 g/mol. The molecule has 0 aromatic heterocycles. The molecule has 8 heteroatoms. The van der Waals surface area contributed by atoms with Crippen LogP contribution in [-0.2, 0) is 11.3 Å². The van der Waals surface area contributed by atoms with Gasteiger partial charge in [-0.25, -0.2) is 5.48 Å². The molecule has 0 saturated heterocycles. The summed E-state index contributed by atoms with van der Waals surface area (Å²) in [6, 6.07) is 9.82. The number of carbonyl (C=O) groups is 2. The van der Waals surface area contributed by atoms with Gasteiger partial charge in [-0.05, 0) is 35.9 Å². The van der Waals surface area contributed by atoms with Gasteiger partial charge in [0, 0.05) is 5.56 Å². The van der Waals surface area contributed by atoms with E-state index in [9.17, 15) is 9.59 Å². The fraction of sp³-hybridized carbons (Fsp3) is 0.176. The van der Waals surface area contributed by atoms with Gasteiger partial charge in [0.05, 0.1) is 24.4 Å². The number of anilines is 1. The molecule has 0 radical (unpaired) electrons. The number of nitrogens with one attached hydrogen (secondary N) is 1. The predicted molar refractivity (Wildman–Crippen MR) is 90.4 cm³/mol. The highest BCUT2D eigenvalue weighted by Gasteiger charge is 2.27. The summed E-state index contributed by atoms with van der Waals surface area (Å²) in [6.07, 6.45) is 0. The zero-order chi connectivity index (χ0) is 18.0. The van der Waals surface area contributed by atoms with Crippen molar-refractivity contribution < 1.29 is 24.3 Å². The third-order valence-corrected chi connectivity index (χ3v) is 4.12. The number of methoxy groups -OCH3 is 1. The average Bonchev–Trinajstić information content (AvgIpc) is 2.63. The molecule has 0 unspecified atom stereocenters. The van der Waals surface area contributed by atoms with Crippen molar-refractivity contribution >= 4 is 29.1 Å². The first-order valence-corrected chi connectivity index (χ1v) is 7.75. The molecule has 2 aromatic carbocycles. The first kappa shape index (κ1) is 17.1. The summed E-state index contributed by atoms with van der Waals surface area (Å²) in [5.74, 6) is 0.101. The van der Waals surface area contributed by atoms with Crippen molar-refractivity contribution in [2.24, 2.45) is 0 Å². The Hall–Kier alpha value is -2.77. The van der Waals surface area contributed by atoms with Crippen molar-refractivity contribution in [2.45, 2.75) is 6.54 Å². The van der Waals surface area contributed by atoms with E-state index in [0.29, 0.717) is 22.2 Å². The van der Waals surface area contributed by atoms with E-state index in [0.717, 1.165) is 5.56 Å². The van der Waals surface area contributed by atoms with Gasteiger partial charge in [-0.2, -0.15) is 0 Å². The van der Waals surface area contributed by atoms with Crippen molar-refractivity contribution in [1.29, 1.82) is 0 Å². The summed E-state index contributed by atoms with van der Waals surface area (Å²) < 4.78 is 10.5. The Morgan fingerprint density at radius 3 is 2.84 bits per heavy atom. The summed E-state index contributed by atoms with van der Waals surface area (Å²) in [6.45, 7) is 0.158. The lowest BCUT2D eigenvalue weighted by Crippen LogP contribution is -2.38. The van der Waals surface area contributed by atoms with Gasteiger partial charge in [0.25, 0.3) is 11.8 Å². The molecule has 1 heterocycles. The van der Waals surface area contributed by atoms with Crippen LogP contribution in [0.2, 0.25) is 5.02 Å². The highest BCUT2D eigenvalue weighted by molar-refractivity contribution is 6.32. The molecule has 0 spiro atoms. The second kappa shape index (κ2) is 7.00. The summed E-state index contributed by atoms with van der Waals surface area (Å²) in [5.41, 5.74) is 3.02. The molecule has 0 bridgehead atoms. The Balaban J connectivity index is 1.95. The molecule has 2 amide bonds. The summed E-state index contributed by atoms with van der Waals surface area (Å²) in [7, 11) is 1.52. The average molecular weight is 363 g/mol. The Bertz CT molecular complexity index is 840. The molecule has 1 aliphatic rings. The molecule has 0 saturated carbocycles. The first-order valence-electron chi connectivity index (χ1n) is 7.37. The second-order valence-corrected chi connectivity index (χ2v) is 5.77. The number of amides is 2. The number of fused-ring (bicyclic) bond motifs is 1. The predicted octanol–water partition coefficient (Wildman–Crippen LogP) is 2.39. The Labute approximate surface area is 148 Å². The van der Waals surface area contributed by atoms with Crippen LogP contribution in [0.3, 0.4) is 0 Å². The Kier molecular flexibility index (Phi) is 4.78. The normalized spacial score (nSPS) is 13.1. The maximum absolute atomic E-state index is 12.3. The Morgan fingerprint density at radius 1 is 1.36 bits per heavy atom. The minimum absolute atomic E-state index is 0.0948. The van der Waals surface area contributed by atoms with Gasteiger partial charge in [0.1, 0.15) is 11.5 Å². The maximum atomic E-state index is 12.3. The monoisotopic (exact) mass is 362 g/mol. The van der Waals surface area contributed by atoms with Crippen molar-refractivity contribution in [3.05, 3.63) is 52.5 Å². The number of benzene rings is 2. The van der Waals surface area contributed by atoms with Crippen LogP contribution in [0.5, 0.6) is 11.5 Å². The number of halogens is 1. The molecule has 25 heavy (non-hydrogen) atoms. The fourth-order valence-electron chi connectivity index (χ4n) is 2.57. The minimum Gasteiger partial charge on any atom is -0.495 e. The lowest BCUT2D eigenvalue weighted by Gasteiger charge is -2.30. The van der Waals surface area contributed by atoms with Gasteiger partial charge in [0.2, 0.25) is 0 Å². The number of hydroxylamine groups is 1. The van der Waals surface area contributed by atoms with E-state index in [1.165, 1.54) is 24.1 Å². The molecule has 3 rings (SSSR count). The largest absolute Gasteiger partial charge is 0.495 e. The fourth-order valence-corrected chi connectivity index (χ4v) is 2.85. The van der Waals surface area contributed by atoms with E-state index in [4.69, 9.17) is 26.3 Å². The summed E-state index contributed by atoms with van der Waals surface area (Å²) in [5, 5.41) is 9.23. The van der Waals surface area contributed by atoms with Gasteiger partial charge < -0.3 is 14.4 Å². The third-order valence-electron chi connectivity index (χ3n) is 3.82. The van der Waals surface area contributed by atoms with Crippen molar-refractivity contribution in [3.8, 4) is 11.5 Å². The van der Waals surface area contributed by atoms with Crippen molar-refractivity contribution in [1.82, 2.24) is 5.48 Å². The number of nitrogens with zero attached hydrogens (tertiary/aromatic N) is 1. The zero-order valence-electron chi connectivity index (χ0n) is 13.3. The van der Waals surface area contributed by atoms with Crippen LogP contribution in [0.25, 0.3) is 0 Å². The standard InChI is InChI=1S/C17H15ClN2O5/c1-24-14-4-2-10(6-12(14)18)8-20-13-7-11(17(22)19-23)3-5-15(13)25-9-16(20)21/h2-7,23H,8-9H2,1H3,(H,19,22). The van der Waals surface area contributed by atoms with Crippen LogP contribution in [0.15, 0.2) is 36.4 Å². The van der Waals surface area contributed by atoms with Gasteiger partial charge in [0.15, 0.2) is 6.61 Å². The lowest BCUT2D eigenvalue weighted by atomic mass is 10.1. The van der Waals surface area contributed by atoms with Crippen LogP contribution in [0.1, 0.15) is 15.9 Å². The molecule has 0 atom stereocenters. The molecule has 0 fully saturated rings. The van der Waals surface area contributed by atoms with E-state index in [1.54, 1.807) is 29.7 Å². The van der Waals surface area contributed by atoms with Gasteiger partial charge in [-0.3, -0.25) is 14.8 Å². The quantitative estimate of drug-likeness (QED) is 0.644. The minimum atomic E-state index is -0.673. The number of ether oxygens (including phenoxy) is 2. The highest BCUT2D eigenvalue weighted by atomic mass is 35.5. The van der Waals surface area contributed by atoms with Crippen molar-refractivity contribution in [2.75, 3.05) is 18.6 Å². The van der Waals surface area contributed by atoms with Gasteiger partial charge >= 0.3 is 0 Å². The van der Waals surface area contributed by atoms with Crippen LogP contribution in [-0.4, -0.2) is 30.7 Å². The molecule has 2 N–H and O–H groups in total. The van der Waals surface area contributed by atoms with Gasteiger partial charge in [-0.15, -0.1) is 0 Å². The Morgan fingerprint density at radius 2 is 2.16 bits per heavy atom. The van der Waals surface area contributed by atoms with E-state index in [-0.39, 0.29) is 24.6 Å². The van der Waals surface area contributed by atoms with Crippen LogP contribution >= 0.6 is 11.6 Å². The van der Waals surface area contributed by atoms with Crippen molar-refractivity contribution in [3.63, 3.8) is 0 Å². The van der Waals surface area contributed by atoms with Crippen LogP contribution < -0.4 is 19.9 Å². The number of carbonyl (C=O) groups excluding carboxylic acids is 2. The van der Waals surface area contributed by atoms with E-state index < -0.39 is 5.91 Å². The molecular formula is C17H15ClN2O5. The lowest BCUT2D eigenvalue weighted by molar-refractivity contribution is -0.121. The first-order chi connectivity index (χ1) is 12.0. The van der Waals surface area contributed by atoms with E-state index in [1.807, 2.05) is 0 Å². The van der Waals surface area contributed by atoms with E-state index >= 15 is 0 Å². The zero-order valence-corrected chi connectivity index (χ0v) is 14.0. The maximum Gasteiger partial charge on any atom is 0.274 e. The number of hydrogen-bond donors (Lipinski definition) is 2. The number of rotatable bonds is 4. The third kappa shape index (κ3) is 3.38.